The van der Waals surface area contributed by atoms with Gasteiger partial charge >= 0.3 is 6.61 Å². The fourth-order valence-electron chi connectivity index (χ4n) is 3.00. The summed E-state index contributed by atoms with van der Waals surface area (Å²) in [7, 11) is 1.30. The topological polar surface area (TPSA) is 94.2 Å². The monoisotopic (exact) mass is 492 g/mol. The fraction of sp³-hybridized carbons (Fsp3) is 0.261. The molecule has 1 saturated heterocycles. The van der Waals surface area contributed by atoms with Gasteiger partial charge < -0.3 is 19.5 Å². The first kappa shape index (κ1) is 25.0. The van der Waals surface area contributed by atoms with E-state index in [2.05, 4.69) is 10.1 Å². The van der Waals surface area contributed by atoms with Gasteiger partial charge in [-0.3, -0.25) is 19.3 Å². The number of ether oxygens (including phenoxy) is 3. The van der Waals surface area contributed by atoms with Crippen LogP contribution in [0.25, 0.3) is 6.08 Å². The molecular formula is C23H22F2N2O6S. The number of carbonyl (C=O) groups is 3. The molecule has 180 valence electrons. The number of rotatable bonds is 10. The van der Waals surface area contributed by atoms with Gasteiger partial charge in [0.2, 0.25) is 0 Å². The number of benzene rings is 2. The number of methoxy groups -OCH3 is 1. The van der Waals surface area contributed by atoms with E-state index >= 15 is 0 Å². The number of nitrogens with zero attached hydrogens (tertiary/aromatic N) is 1. The van der Waals surface area contributed by atoms with Gasteiger partial charge in [0.25, 0.3) is 17.1 Å². The summed E-state index contributed by atoms with van der Waals surface area (Å²) in [5.41, 5.74) is 0.462. The first-order valence-corrected chi connectivity index (χ1v) is 11.0. The van der Waals surface area contributed by atoms with Gasteiger partial charge in [0.05, 0.1) is 12.0 Å². The maximum atomic E-state index is 12.7. The quantitative estimate of drug-likeness (QED) is 0.503. The van der Waals surface area contributed by atoms with Gasteiger partial charge in [-0.2, -0.15) is 8.78 Å². The largest absolute Gasteiger partial charge is 0.493 e. The molecular weight excluding hydrogens is 470 g/mol. The zero-order chi connectivity index (χ0) is 24.7. The Hall–Kier alpha value is -3.60. The maximum absolute atomic E-state index is 12.7. The molecule has 11 heteroatoms. The molecule has 0 aromatic heterocycles. The summed E-state index contributed by atoms with van der Waals surface area (Å²) in [6, 6.07) is 13.0. The van der Waals surface area contributed by atoms with Crippen molar-refractivity contribution in [1.82, 2.24) is 10.2 Å². The van der Waals surface area contributed by atoms with Crippen molar-refractivity contribution in [2.75, 3.05) is 20.2 Å². The molecule has 1 N–H and O–H groups in total. The summed E-state index contributed by atoms with van der Waals surface area (Å²) >= 11 is 0.741. The summed E-state index contributed by atoms with van der Waals surface area (Å²) in [6.45, 7) is -1.38. The molecule has 0 spiro atoms. The minimum absolute atomic E-state index is 0.0176. The second kappa shape index (κ2) is 11.5. The molecule has 1 aliphatic rings. The predicted molar refractivity (Wildman–Crippen MR) is 122 cm³/mol. The van der Waals surface area contributed by atoms with Gasteiger partial charge in [-0.25, -0.2) is 0 Å². The maximum Gasteiger partial charge on any atom is 0.387 e. The van der Waals surface area contributed by atoms with Crippen molar-refractivity contribution in [2.45, 2.75) is 19.6 Å². The Morgan fingerprint density at radius 2 is 1.85 bits per heavy atom. The second-order valence-corrected chi connectivity index (χ2v) is 7.98. The van der Waals surface area contributed by atoms with Crippen molar-refractivity contribution in [3.8, 4) is 17.2 Å². The van der Waals surface area contributed by atoms with Crippen LogP contribution in [0, 0.1) is 0 Å². The lowest BCUT2D eigenvalue weighted by Crippen LogP contribution is -2.41. The van der Waals surface area contributed by atoms with Gasteiger partial charge in [0, 0.05) is 13.1 Å². The molecule has 1 aliphatic heterocycles. The highest BCUT2D eigenvalue weighted by Crippen LogP contribution is 2.34. The minimum atomic E-state index is -3.01. The SMILES string of the molecule is COc1cc(/C=C2\SC(=O)N(CCNC(=O)C(C)Oc3ccccc3)C2=O)ccc1OC(F)F. The highest BCUT2D eigenvalue weighted by atomic mass is 32.2. The third-order valence-electron chi connectivity index (χ3n) is 4.64. The van der Waals surface area contributed by atoms with E-state index in [4.69, 9.17) is 9.47 Å². The highest BCUT2D eigenvalue weighted by molar-refractivity contribution is 8.18. The van der Waals surface area contributed by atoms with Gasteiger partial charge in [0.15, 0.2) is 17.6 Å². The summed E-state index contributed by atoms with van der Waals surface area (Å²) < 4.78 is 39.9. The molecule has 0 bridgehead atoms. The van der Waals surface area contributed by atoms with Crippen LogP contribution < -0.4 is 19.5 Å². The molecule has 34 heavy (non-hydrogen) atoms. The molecule has 3 amide bonds. The minimum Gasteiger partial charge on any atom is -0.493 e. The Kier molecular flexibility index (Phi) is 8.47. The first-order valence-electron chi connectivity index (χ1n) is 10.2. The van der Waals surface area contributed by atoms with E-state index in [1.54, 1.807) is 31.2 Å². The number of imide groups is 1. The van der Waals surface area contributed by atoms with Crippen LogP contribution in [0.5, 0.6) is 17.2 Å². The van der Waals surface area contributed by atoms with Gasteiger partial charge in [-0.15, -0.1) is 0 Å². The van der Waals surface area contributed by atoms with Crippen LogP contribution >= 0.6 is 11.8 Å². The van der Waals surface area contributed by atoms with E-state index < -0.39 is 23.9 Å². The lowest BCUT2D eigenvalue weighted by molar-refractivity contribution is -0.128. The van der Waals surface area contributed by atoms with E-state index in [0.29, 0.717) is 11.3 Å². The molecule has 1 heterocycles. The van der Waals surface area contributed by atoms with Crippen LogP contribution in [0.3, 0.4) is 0 Å². The van der Waals surface area contributed by atoms with Crippen LogP contribution in [-0.4, -0.2) is 54.9 Å². The number of para-hydroxylation sites is 1. The third-order valence-corrected chi connectivity index (χ3v) is 5.54. The summed E-state index contributed by atoms with van der Waals surface area (Å²) in [4.78, 5) is 38.4. The number of halogens is 2. The second-order valence-electron chi connectivity index (χ2n) is 6.99. The Morgan fingerprint density at radius 3 is 2.53 bits per heavy atom. The number of hydrogen-bond acceptors (Lipinski definition) is 7. The fourth-order valence-corrected chi connectivity index (χ4v) is 3.87. The Labute approximate surface area is 198 Å². The Bertz CT molecular complexity index is 1080. The molecule has 0 saturated carbocycles. The van der Waals surface area contributed by atoms with Crippen molar-refractivity contribution >= 4 is 34.9 Å². The highest BCUT2D eigenvalue weighted by Gasteiger charge is 2.34. The van der Waals surface area contributed by atoms with Gasteiger partial charge in [-0.1, -0.05) is 24.3 Å². The number of amides is 3. The van der Waals surface area contributed by atoms with E-state index in [0.717, 1.165) is 16.7 Å². The smallest absolute Gasteiger partial charge is 0.387 e. The average molecular weight is 493 g/mol. The van der Waals surface area contributed by atoms with E-state index in [1.807, 2.05) is 6.07 Å². The lowest BCUT2D eigenvalue weighted by atomic mass is 10.2. The van der Waals surface area contributed by atoms with Gasteiger partial charge in [-0.05, 0) is 54.6 Å². The molecule has 1 unspecified atom stereocenters. The molecule has 0 aliphatic carbocycles. The van der Waals surface area contributed by atoms with Crippen LogP contribution in [0.4, 0.5) is 13.6 Å². The Morgan fingerprint density at radius 1 is 1.12 bits per heavy atom. The normalized spacial score (nSPS) is 15.6. The number of alkyl halides is 2. The summed E-state index contributed by atoms with van der Waals surface area (Å²) in [5, 5.41) is 2.16. The van der Waals surface area contributed by atoms with Gasteiger partial charge in [0.1, 0.15) is 5.75 Å². The first-order chi connectivity index (χ1) is 16.3. The molecule has 2 aromatic rings. The van der Waals surface area contributed by atoms with Crippen molar-refractivity contribution < 1.29 is 37.4 Å². The predicted octanol–water partition coefficient (Wildman–Crippen LogP) is 3.92. The number of hydrogen-bond donors (Lipinski definition) is 1. The molecule has 2 aromatic carbocycles. The molecule has 3 rings (SSSR count). The van der Waals surface area contributed by atoms with Crippen LogP contribution in [0.1, 0.15) is 12.5 Å². The van der Waals surface area contributed by atoms with Crippen molar-refractivity contribution in [3.63, 3.8) is 0 Å². The molecule has 8 nitrogen and oxygen atoms in total. The standard InChI is InChI=1S/C23H22F2N2O6S/c1-14(32-16-6-4-3-5-7-16)20(28)26-10-11-27-21(29)19(34-23(27)30)13-15-8-9-17(33-22(24)25)18(12-15)31-2/h3-9,12-14,22H,10-11H2,1-2H3,(H,26,28)/b19-13-. The molecule has 0 radical (unpaired) electrons. The lowest BCUT2D eigenvalue weighted by Gasteiger charge is -2.16. The van der Waals surface area contributed by atoms with E-state index in [-0.39, 0.29) is 35.4 Å². The summed E-state index contributed by atoms with van der Waals surface area (Å²) in [5.74, 6) is -0.451. The number of nitrogens with one attached hydrogen (secondary N) is 1. The van der Waals surface area contributed by atoms with Crippen LogP contribution in [0.2, 0.25) is 0 Å². The molecule has 1 fully saturated rings. The zero-order valence-corrected chi connectivity index (χ0v) is 19.1. The van der Waals surface area contributed by atoms with Crippen molar-refractivity contribution in [2.24, 2.45) is 0 Å². The zero-order valence-electron chi connectivity index (χ0n) is 18.3. The third kappa shape index (κ3) is 6.47. The molecule has 1 atom stereocenters. The Balaban J connectivity index is 1.57. The average Bonchev–Trinajstić information content (AvgIpc) is 3.07. The van der Waals surface area contributed by atoms with Crippen molar-refractivity contribution in [3.05, 3.63) is 59.0 Å². The van der Waals surface area contributed by atoms with E-state index in [9.17, 15) is 23.2 Å². The van der Waals surface area contributed by atoms with Crippen molar-refractivity contribution in [1.29, 1.82) is 0 Å². The number of thioether (sulfide) groups is 1. The van der Waals surface area contributed by atoms with Crippen LogP contribution in [-0.2, 0) is 9.59 Å². The van der Waals surface area contributed by atoms with Crippen LogP contribution in [0.15, 0.2) is 53.4 Å². The number of carbonyl (C=O) groups excluding carboxylic acids is 3. The summed E-state index contributed by atoms with van der Waals surface area (Å²) in [6.07, 6.45) is 0.692. The van der Waals surface area contributed by atoms with E-state index in [1.165, 1.54) is 31.4 Å².